The molecule has 0 spiro atoms. The molecule has 0 fully saturated rings. The second-order valence-corrected chi connectivity index (χ2v) is 4.13. The Kier molecular flexibility index (Phi) is 4.37. The smallest absolute Gasteiger partial charge is 0.338 e. The van der Waals surface area contributed by atoms with Crippen molar-refractivity contribution in [3.05, 3.63) is 71.8 Å². The van der Waals surface area contributed by atoms with Crippen molar-refractivity contribution in [2.75, 3.05) is 5.88 Å². The Hall–Kier alpha value is -1.80. The molecular weight excluding hydrogens is 248 g/mol. The average molecular weight is 261 g/mol. The first-order chi connectivity index (χ1) is 8.81. The van der Waals surface area contributed by atoms with Crippen LogP contribution in [-0.2, 0) is 4.74 Å². The van der Waals surface area contributed by atoms with Gasteiger partial charge in [-0.05, 0) is 17.7 Å². The second-order valence-electron chi connectivity index (χ2n) is 3.82. The first kappa shape index (κ1) is 12.7. The van der Waals surface area contributed by atoms with Gasteiger partial charge in [0.1, 0.15) is 6.10 Å². The van der Waals surface area contributed by atoms with E-state index in [1.807, 2.05) is 36.4 Å². The van der Waals surface area contributed by atoms with Crippen molar-refractivity contribution in [1.29, 1.82) is 0 Å². The summed E-state index contributed by atoms with van der Waals surface area (Å²) in [5.74, 6) is -0.118. The van der Waals surface area contributed by atoms with Gasteiger partial charge in [0.15, 0.2) is 0 Å². The zero-order valence-corrected chi connectivity index (χ0v) is 10.5. The summed E-state index contributed by atoms with van der Waals surface area (Å²) in [6.45, 7) is 0. The Balaban J connectivity index is 2.10. The number of benzene rings is 2. The Morgan fingerprint density at radius 1 is 1.00 bits per heavy atom. The van der Waals surface area contributed by atoms with Gasteiger partial charge in [0.05, 0.1) is 11.4 Å². The van der Waals surface area contributed by atoms with Gasteiger partial charge in [-0.25, -0.2) is 4.79 Å². The van der Waals surface area contributed by atoms with Gasteiger partial charge in [0.25, 0.3) is 0 Å². The number of hydrogen-bond acceptors (Lipinski definition) is 2. The van der Waals surface area contributed by atoms with Gasteiger partial charge in [0, 0.05) is 0 Å². The summed E-state index contributed by atoms with van der Waals surface area (Å²) in [4.78, 5) is 11.9. The summed E-state index contributed by atoms with van der Waals surface area (Å²) in [6.07, 6.45) is -0.416. The predicted octanol–water partition coefficient (Wildman–Crippen LogP) is 3.82. The number of hydrogen-bond donors (Lipinski definition) is 0. The summed E-state index contributed by atoms with van der Waals surface area (Å²) < 4.78 is 5.40. The molecule has 0 saturated carbocycles. The molecule has 92 valence electrons. The van der Waals surface area contributed by atoms with Crippen molar-refractivity contribution >= 4 is 17.6 Å². The highest BCUT2D eigenvalue weighted by Gasteiger charge is 2.16. The number of halogens is 1. The molecule has 0 amide bonds. The zero-order valence-electron chi connectivity index (χ0n) is 9.75. The Morgan fingerprint density at radius 2 is 1.56 bits per heavy atom. The maximum absolute atomic E-state index is 11.9. The van der Waals surface area contributed by atoms with Crippen LogP contribution in [0.4, 0.5) is 0 Å². The fourth-order valence-corrected chi connectivity index (χ4v) is 1.87. The van der Waals surface area contributed by atoms with E-state index in [4.69, 9.17) is 16.3 Å². The molecule has 0 aliphatic carbocycles. The Morgan fingerprint density at radius 3 is 2.11 bits per heavy atom. The minimum atomic E-state index is -0.416. The fraction of sp³-hybridized carbons (Fsp3) is 0.133. The first-order valence-electron chi connectivity index (χ1n) is 5.68. The minimum Gasteiger partial charge on any atom is -0.453 e. The van der Waals surface area contributed by atoms with Gasteiger partial charge < -0.3 is 4.74 Å². The van der Waals surface area contributed by atoms with Crippen LogP contribution < -0.4 is 0 Å². The number of rotatable bonds is 4. The largest absolute Gasteiger partial charge is 0.453 e. The molecule has 2 aromatic carbocycles. The van der Waals surface area contributed by atoms with E-state index in [1.54, 1.807) is 24.3 Å². The molecule has 3 heteroatoms. The summed E-state index contributed by atoms with van der Waals surface area (Å²) in [7, 11) is 0. The standard InChI is InChI=1S/C15H13ClO2/c16-11-14(12-7-3-1-4-8-12)18-15(17)13-9-5-2-6-10-13/h1-10,14H,11H2. The van der Waals surface area contributed by atoms with Crippen LogP contribution in [0.25, 0.3) is 0 Å². The van der Waals surface area contributed by atoms with Gasteiger partial charge in [-0.3, -0.25) is 0 Å². The zero-order chi connectivity index (χ0) is 12.8. The molecule has 0 bridgehead atoms. The van der Waals surface area contributed by atoms with Crippen molar-refractivity contribution in [3.8, 4) is 0 Å². The van der Waals surface area contributed by atoms with Gasteiger partial charge in [-0.2, -0.15) is 0 Å². The van der Waals surface area contributed by atoms with E-state index in [0.29, 0.717) is 5.56 Å². The third-order valence-corrected chi connectivity index (χ3v) is 2.85. The van der Waals surface area contributed by atoms with Crippen molar-refractivity contribution in [1.82, 2.24) is 0 Å². The minimum absolute atomic E-state index is 0.239. The SMILES string of the molecule is O=C(OC(CCl)c1ccccc1)c1ccccc1. The fourth-order valence-electron chi connectivity index (χ4n) is 1.63. The third kappa shape index (κ3) is 3.11. The molecular formula is C15H13ClO2. The number of esters is 1. The molecule has 0 aliphatic heterocycles. The van der Waals surface area contributed by atoms with Crippen LogP contribution in [0.5, 0.6) is 0 Å². The van der Waals surface area contributed by atoms with Crippen molar-refractivity contribution < 1.29 is 9.53 Å². The molecule has 2 aromatic rings. The summed E-state index contributed by atoms with van der Waals surface area (Å²) in [6, 6.07) is 18.4. The monoisotopic (exact) mass is 260 g/mol. The maximum atomic E-state index is 11.9. The van der Waals surface area contributed by atoms with Crippen LogP contribution in [0, 0.1) is 0 Å². The van der Waals surface area contributed by atoms with Gasteiger partial charge >= 0.3 is 5.97 Å². The van der Waals surface area contributed by atoms with E-state index in [0.717, 1.165) is 5.56 Å². The normalized spacial score (nSPS) is 11.8. The Labute approximate surface area is 111 Å². The van der Waals surface area contributed by atoms with Gasteiger partial charge in [-0.15, -0.1) is 11.6 Å². The molecule has 0 heterocycles. The quantitative estimate of drug-likeness (QED) is 0.617. The molecule has 0 N–H and O–H groups in total. The highest BCUT2D eigenvalue weighted by Crippen LogP contribution is 2.20. The lowest BCUT2D eigenvalue weighted by molar-refractivity contribution is 0.0344. The van der Waals surface area contributed by atoms with E-state index in [-0.39, 0.29) is 11.8 Å². The molecule has 0 aromatic heterocycles. The molecule has 2 rings (SSSR count). The lowest BCUT2D eigenvalue weighted by Crippen LogP contribution is -2.12. The van der Waals surface area contributed by atoms with Gasteiger partial charge in [0.2, 0.25) is 0 Å². The van der Waals surface area contributed by atoms with E-state index in [1.165, 1.54) is 0 Å². The van der Waals surface area contributed by atoms with Crippen LogP contribution in [0.15, 0.2) is 60.7 Å². The van der Waals surface area contributed by atoms with Gasteiger partial charge in [-0.1, -0.05) is 48.5 Å². The van der Waals surface area contributed by atoms with Crippen molar-refractivity contribution in [3.63, 3.8) is 0 Å². The van der Waals surface area contributed by atoms with Crippen molar-refractivity contribution in [2.45, 2.75) is 6.10 Å². The summed E-state index contributed by atoms with van der Waals surface area (Å²) >= 11 is 5.86. The second kappa shape index (κ2) is 6.22. The molecule has 0 radical (unpaired) electrons. The molecule has 18 heavy (non-hydrogen) atoms. The summed E-state index contributed by atoms with van der Waals surface area (Å²) in [5.41, 5.74) is 1.43. The molecule has 0 aliphatic rings. The number of carbonyl (C=O) groups excluding carboxylic acids is 1. The number of ether oxygens (including phenoxy) is 1. The lowest BCUT2D eigenvalue weighted by Gasteiger charge is -2.15. The molecule has 1 atom stereocenters. The van der Waals surface area contributed by atoms with Crippen molar-refractivity contribution in [2.24, 2.45) is 0 Å². The number of alkyl halides is 1. The third-order valence-electron chi connectivity index (χ3n) is 2.57. The Bertz CT molecular complexity index is 496. The van der Waals surface area contributed by atoms with Crippen LogP contribution in [-0.4, -0.2) is 11.8 Å². The highest BCUT2D eigenvalue weighted by atomic mass is 35.5. The average Bonchev–Trinajstić information content (AvgIpc) is 2.46. The topological polar surface area (TPSA) is 26.3 Å². The van der Waals surface area contributed by atoms with E-state index in [9.17, 15) is 4.79 Å². The maximum Gasteiger partial charge on any atom is 0.338 e. The molecule has 0 saturated heterocycles. The molecule has 2 nitrogen and oxygen atoms in total. The van der Waals surface area contributed by atoms with Crippen LogP contribution in [0.2, 0.25) is 0 Å². The molecule has 1 unspecified atom stereocenters. The van der Waals surface area contributed by atoms with E-state index < -0.39 is 6.10 Å². The van der Waals surface area contributed by atoms with Crippen LogP contribution in [0.1, 0.15) is 22.0 Å². The highest BCUT2D eigenvalue weighted by molar-refractivity contribution is 6.18. The van der Waals surface area contributed by atoms with Crippen LogP contribution >= 0.6 is 11.6 Å². The van der Waals surface area contributed by atoms with Crippen LogP contribution in [0.3, 0.4) is 0 Å². The first-order valence-corrected chi connectivity index (χ1v) is 6.21. The van der Waals surface area contributed by atoms with E-state index in [2.05, 4.69) is 0 Å². The number of carbonyl (C=O) groups is 1. The van der Waals surface area contributed by atoms with E-state index >= 15 is 0 Å². The predicted molar refractivity (Wildman–Crippen MR) is 71.8 cm³/mol. The lowest BCUT2D eigenvalue weighted by atomic mass is 10.1. The summed E-state index contributed by atoms with van der Waals surface area (Å²) in [5, 5.41) is 0.